The van der Waals surface area contributed by atoms with Gasteiger partial charge in [0.25, 0.3) is 17.7 Å². The minimum Gasteiger partial charge on any atom is -0.454 e. The molecule has 2 aromatic carbocycles. The Morgan fingerprint density at radius 1 is 0.969 bits per heavy atom. The summed E-state index contributed by atoms with van der Waals surface area (Å²) < 4.78 is 44.9. The number of imide groups is 1. The molecule has 0 aliphatic carbocycles. The molecule has 0 aromatic heterocycles. The van der Waals surface area contributed by atoms with E-state index in [2.05, 4.69) is 10.1 Å². The summed E-state index contributed by atoms with van der Waals surface area (Å²) in [7, 11) is 0. The van der Waals surface area contributed by atoms with Crippen molar-refractivity contribution in [1.29, 1.82) is 0 Å². The average molecular weight is 491 g/mol. The summed E-state index contributed by atoms with van der Waals surface area (Å²) in [6, 6.07) is 6.68. The van der Waals surface area contributed by atoms with Gasteiger partial charge in [-0.1, -0.05) is 23.2 Å². The summed E-state index contributed by atoms with van der Waals surface area (Å²) in [6.07, 6.45) is -4.85. The maximum atomic E-state index is 12.3. The molecule has 0 saturated carbocycles. The van der Waals surface area contributed by atoms with Crippen molar-refractivity contribution in [1.82, 2.24) is 4.90 Å². The number of esters is 1. The van der Waals surface area contributed by atoms with E-state index in [9.17, 15) is 32.3 Å². The van der Waals surface area contributed by atoms with Gasteiger partial charge in [0.05, 0.1) is 21.2 Å². The molecule has 32 heavy (non-hydrogen) atoms. The van der Waals surface area contributed by atoms with Crippen LogP contribution in [0.4, 0.5) is 18.9 Å². The van der Waals surface area contributed by atoms with Gasteiger partial charge in [-0.25, -0.2) is 0 Å². The van der Waals surface area contributed by atoms with Crippen LogP contribution in [0.3, 0.4) is 0 Å². The van der Waals surface area contributed by atoms with Crippen LogP contribution < -0.4 is 10.1 Å². The molecule has 3 amide bonds. The summed E-state index contributed by atoms with van der Waals surface area (Å²) in [5.41, 5.74) is 0.0791. The molecule has 168 valence electrons. The lowest BCUT2D eigenvalue weighted by Crippen LogP contribution is -2.36. The van der Waals surface area contributed by atoms with Gasteiger partial charge in [-0.15, -0.1) is 13.2 Å². The highest BCUT2D eigenvalue weighted by Gasteiger charge is 2.38. The molecular formula is C19H11Cl2F3N2O6. The minimum absolute atomic E-state index is 0.0205. The lowest BCUT2D eigenvalue weighted by atomic mass is 10.1. The van der Waals surface area contributed by atoms with Crippen molar-refractivity contribution >= 4 is 52.6 Å². The maximum Gasteiger partial charge on any atom is 0.573 e. The Kier molecular flexibility index (Phi) is 6.60. The first kappa shape index (κ1) is 23.4. The van der Waals surface area contributed by atoms with Gasteiger partial charge in [0, 0.05) is 5.69 Å². The zero-order chi connectivity index (χ0) is 23.6. The van der Waals surface area contributed by atoms with Crippen molar-refractivity contribution in [3.63, 3.8) is 0 Å². The molecule has 1 heterocycles. The molecule has 0 radical (unpaired) electrons. The topological polar surface area (TPSA) is 102 Å². The second kappa shape index (κ2) is 9.05. The van der Waals surface area contributed by atoms with E-state index >= 15 is 0 Å². The maximum absolute atomic E-state index is 12.3. The number of rotatable bonds is 6. The number of nitrogens with one attached hydrogen (secondary N) is 1. The third kappa shape index (κ3) is 5.48. The Labute approximate surface area is 187 Å². The highest BCUT2D eigenvalue weighted by atomic mass is 35.5. The number of benzene rings is 2. The summed E-state index contributed by atoms with van der Waals surface area (Å²) in [5, 5.41) is 2.42. The molecule has 1 N–H and O–H groups in total. The molecule has 0 spiro atoms. The fraction of sp³-hybridized carbons (Fsp3) is 0.158. The van der Waals surface area contributed by atoms with E-state index in [1.165, 1.54) is 12.1 Å². The van der Waals surface area contributed by atoms with E-state index in [1.54, 1.807) is 0 Å². The van der Waals surface area contributed by atoms with Gasteiger partial charge in [0.15, 0.2) is 6.61 Å². The van der Waals surface area contributed by atoms with Crippen molar-refractivity contribution < 1.29 is 41.8 Å². The number of anilines is 1. The SMILES string of the molecule is O=C(COC(=O)CN1C(=O)c2cc(Cl)c(Cl)cc2C1=O)Nc1ccc(OC(F)(F)F)cc1. The molecule has 8 nitrogen and oxygen atoms in total. The van der Waals surface area contributed by atoms with E-state index in [-0.39, 0.29) is 26.9 Å². The van der Waals surface area contributed by atoms with Crippen LogP contribution in [0.5, 0.6) is 5.75 Å². The second-order valence-corrected chi connectivity index (χ2v) is 7.10. The molecule has 1 aliphatic rings. The van der Waals surface area contributed by atoms with Crippen LogP contribution in [-0.4, -0.2) is 48.1 Å². The second-order valence-electron chi connectivity index (χ2n) is 6.29. The Morgan fingerprint density at radius 2 is 1.50 bits per heavy atom. The summed E-state index contributed by atoms with van der Waals surface area (Å²) in [4.78, 5) is 49.2. The number of nitrogens with zero attached hydrogens (tertiary/aromatic N) is 1. The Bertz CT molecular complexity index is 1060. The van der Waals surface area contributed by atoms with Crippen LogP contribution in [0.2, 0.25) is 10.0 Å². The number of carbonyl (C=O) groups is 4. The van der Waals surface area contributed by atoms with Crippen molar-refractivity contribution in [3.8, 4) is 5.75 Å². The fourth-order valence-electron chi connectivity index (χ4n) is 2.69. The summed E-state index contributed by atoms with van der Waals surface area (Å²) in [6.45, 7) is -1.52. The van der Waals surface area contributed by atoms with Gasteiger partial charge in [-0.05, 0) is 36.4 Å². The van der Waals surface area contributed by atoms with E-state index < -0.39 is 49.0 Å². The summed E-state index contributed by atoms with van der Waals surface area (Å²) in [5.74, 6) is -3.87. The highest BCUT2D eigenvalue weighted by molar-refractivity contribution is 6.43. The molecular weight excluding hydrogens is 480 g/mol. The van der Waals surface area contributed by atoms with Gasteiger partial charge >= 0.3 is 12.3 Å². The normalized spacial score (nSPS) is 13.1. The van der Waals surface area contributed by atoms with Crippen LogP contribution in [0.15, 0.2) is 36.4 Å². The van der Waals surface area contributed by atoms with Gasteiger partial charge in [0.2, 0.25) is 0 Å². The largest absolute Gasteiger partial charge is 0.573 e. The number of fused-ring (bicyclic) bond motifs is 1. The van der Waals surface area contributed by atoms with Crippen LogP contribution in [0.1, 0.15) is 20.7 Å². The lowest BCUT2D eigenvalue weighted by Gasteiger charge is -2.13. The molecule has 13 heteroatoms. The van der Waals surface area contributed by atoms with E-state index in [1.807, 2.05) is 0 Å². The van der Waals surface area contributed by atoms with Crippen LogP contribution in [0, 0.1) is 0 Å². The van der Waals surface area contributed by atoms with Crippen LogP contribution in [0.25, 0.3) is 0 Å². The number of halogens is 5. The molecule has 0 atom stereocenters. The van der Waals surface area contributed by atoms with Crippen molar-refractivity contribution in [2.24, 2.45) is 0 Å². The predicted molar refractivity (Wildman–Crippen MR) is 105 cm³/mol. The standard InChI is InChI=1S/C19H11Cl2F3N2O6/c20-13-5-11-12(6-14(13)21)18(30)26(17(11)29)7-16(28)31-8-15(27)25-9-1-3-10(4-2-9)32-19(22,23)24/h1-6H,7-8H2,(H,25,27). The molecule has 0 unspecified atom stereocenters. The van der Waals surface area contributed by atoms with E-state index in [0.29, 0.717) is 4.90 Å². The third-order valence-corrected chi connectivity index (χ3v) is 4.76. The fourth-order valence-corrected chi connectivity index (χ4v) is 3.01. The third-order valence-electron chi connectivity index (χ3n) is 4.03. The zero-order valence-electron chi connectivity index (χ0n) is 15.7. The number of hydrogen-bond donors (Lipinski definition) is 1. The number of carbonyl (C=O) groups excluding carboxylic acids is 4. The first-order chi connectivity index (χ1) is 14.9. The quantitative estimate of drug-likeness (QED) is 0.489. The van der Waals surface area contributed by atoms with Crippen molar-refractivity contribution in [2.45, 2.75) is 6.36 Å². The molecule has 3 rings (SSSR count). The Hall–Kier alpha value is -3.31. The zero-order valence-corrected chi connectivity index (χ0v) is 17.2. The minimum atomic E-state index is -4.85. The highest BCUT2D eigenvalue weighted by Crippen LogP contribution is 2.31. The van der Waals surface area contributed by atoms with Gasteiger partial charge < -0.3 is 14.8 Å². The van der Waals surface area contributed by atoms with E-state index in [4.69, 9.17) is 27.9 Å². The molecule has 0 fully saturated rings. The summed E-state index contributed by atoms with van der Waals surface area (Å²) >= 11 is 11.7. The molecule has 2 aromatic rings. The van der Waals surface area contributed by atoms with Gasteiger partial charge in [0.1, 0.15) is 12.3 Å². The molecule has 0 bridgehead atoms. The monoisotopic (exact) mass is 490 g/mol. The number of alkyl halides is 3. The van der Waals surface area contributed by atoms with Crippen molar-refractivity contribution in [3.05, 3.63) is 57.6 Å². The molecule has 0 saturated heterocycles. The first-order valence-corrected chi connectivity index (χ1v) is 9.37. The van der Waals surface area contributed by atoms with Crippen LogP contribution in [-0.2, 0) is 14.3 Å². The van der Waals surface area contributed by atoms with E-state index in [0.717, 1.165) is 24.3 Å². The van der Waals surface area contributed by atoms with Crippen molar-refractivity contribution in [2.75, 3.05) is 18.5 Å². The average Bonchev–Trinajstić information content (AvgIpc) is 2.92. The predicted octanol–water partition coefficient (Wildman–Crippen LogP) is 3.67. The lowest BCUT2D eigenvalue weighted by molar-refractivity contribution is -0.274. The van der Waals surface area contributed by atoms with Crippen LogP contribution >= 0.6 is 23.2 Å². The molecule has 1 aliphatic heterocycles. The first-order valence-electron chi connectivity index (χ1n) is 8.61. The number of ether oxygens (including phenoxy) is 2. The van der Waals surface area contributed by atoms with Gasteiger partial charge in [-0.3, -0.25) is 24.1 Å². The smallest absolute Gasteiger partial charge is 0.454 e. The Morgan fingerprint density at radius 3 is 2.00 bits per heavy atom. The number of amides is 3. The number of hydrogen-bond acceptors (Lipinski definition) is 6. The Balaban J connectivity index is 1.51. The van der Waals surface area contributed by atoms with Gasteiger partial charge in [-0.2, -0.15) is 0 Å².